The van der Waals surface area contributed by atoms with Gasteiger partial charge in [0.1, 0.15) is 5.82 Å². The van der Waals surface area contributed by atoms with Crippen molar-refractivity contribution in [2.75, 3.05) is 0 Å². The highest BCUT2D eigenvalue weighted by Crippen LogP contribution is 2.26. The van der Waals surface area contributed by atoms with Gasteiger partial charge in [0.15, 0.2) is 5.82 Å². The third-order valence-electron chi connectivity index (χ3n) is 3.74. The van der Waals surface area contributed by atoms with Crippen LogP contribution >= 0.6 is 0 Å². The standard InChI is InChI=1S/C14H17FN4O2/c1-4-14(3,13(20)21)8-19-12(16-17-18-19)10-5-6-11(15)9(2)7-10/h5-7H,4,8H2,1-3H3,(H,20,21). The van der Waals surface area contributed by atoms with Crippen molar-refractivity contribution in [3.05, 3.63) is 29.6 Å². The maximum absolute atomic E-state index is 13.3. The van der Waals surface area contributed by atoms with Gasteiger partial charge in [-0.25, -0.2) is 9.07 Å². The first-order valence-electron chi connectivity index (χ1n) is 6.63. The molecule has 0 amide bonds. The molecule has 0 bridgehead atoms. The first kappa shape index (κ1) is 15.1. The number of benzene rings is 1. The zero-order valence-electron chi connectivity index (χ0n) is 12.2. The number of hydrogen-bond acceptors (Lipinski definition) is 4. The Kier molecular flexibility index (Phi) is 4.02. The van der Waals surface area contributed by atoms with Gasteiger partial charge < -0.3 is 5.11 Å². The molecule has 1 unspecified atom stereocenters. The summed E-state index contributed by atoms with van der Waals surface area (Å²) in [5.41, 5.74) is 0.181. The van der Waals surface area contributed by atoms with Gasteiger partial charge in [0, 0.05) is 5.56 Å². The van der Waals surface area contributed by atoms with Crippen LogP contribution in [-0.4, -0.2) is 31.3 Å². The molecule has 7 heteroatoms. The molecule has 6 nitrogen and oxygen atoms in total. The van der Waals surface area contributed by atoms with Crippen molar-refractivity contribution >= 4 is 5.97 Å². The van der Waals surface area contributed by atoms with Crippen molar-refractivity contribution in [1.82, 2.24) is 20.2 Å². The molecule has 0 radical (unpaired) electrons. The van der Waals surface area contributed by atoms with Crippen LogP contribution in [0.1, 0.15) is 25.8 Å². The third-order valence-corrected chi connectivity index (χ3v) is 3.74. The highest BCUT2D eigenvalue weighted by atomic mass is 19.1. The molecule has 2 rings (SSSR count). The minimum atomic E-state index is -0.959. The Labute approximate surface area is 121 Å². The average Bonchev–Trinajstić information content (AvgIpc) is 2.89. The Hall–Kier alpha value is -2.31. The van der Waals surface area contributed by atoms with Gasteiger partial charge in [-0.3, -0.25) is 4.79 Å². The van der Waals surface area contributed by atoms with E-state index in [2.05, 4.69) is 15.5 Å². The van der Waals surface area contributed by atoms with Crippen LogP contribution in [0.15, 0.2) is 18.2 Å². The van der Waals surface area contributed by atoms with Crippen molar-refractivity contribution in [2.45, 2.75) is 33.7 Å². The van der Waals surface area contributed by atoms with Crippen LogP contribution < -0.4 is 0 Å². The molecule has 112 valence electrons. The molecular weight excluding hydrogens is 275 g/mol. The fourth-order valence-corrected chi connectivity index (χ4v) is 1.96. The van der Waals surface area contributed by atoms with E-state index in [1.54, 1.807) is 32.9 Å². The van der Waals surface area contributed by atoms with Crippen molar-refractivity contribution < 1.29 is 14.3 Å². The van der Waals surface area contributed by atoms with Crippen molar-refractivity contribution in [3.63, 3.8) is 0 Å². The first-order chi connectivity index (χ1) is 9.87. The fraction of sp³-hybridized carbons (Fsp3) is 0.429. The number of nitrogens with zero attached hydrogens (tertiary/aromatic N) is 4. The lowest BCUT2D eigenvalue weighted by atomic mass is 9.88. The number of carboxylic acid groups (broad SMARTS) is 1. The lowest BCUT2D eigenvalue weighted by molar-refractivity contribution is -0.149. The summed E-state index contributed by atoms with van der Waals surface area (Å²) in [6, 6.07) is 4.57. The normalized spacial score (nSPS) is 13.9. The van der Waals surface area contributed by atoms with Gasteiger partial charge in [0.25, 0.3) is 0 Å². The zero-order chi connectivity index (χ0) is 15.6. The lowest BCUT2D eigenvalue weighted by Gasteiger charge is -2.22. The summed E-state index contributed by atoms with van der Waals surface area (Å²) in [6.45, 7) is 5.26. The van der Waals surface area contributed by atoms with Crippen LogP contribution in [0.3, 0.4) is 0 Å². The predicted octanol–water partition coefficient (Wildman–Crippen LogP) is 2.29. The Balaban J connectivity index is 2.39. The van der Waals surface area contributed by atoms with Gasteiger partial charge in [0.05, 0.1) is 12.0 Å². The van der Waals surface area contributed by atoms with E-state index >= 15 is 0 Å². The van der Waals surface area contributed by atoms with Gasteiger partial charge in [-0.1, -0.05) is 6.92 Å². The molecule has 0 saturated heterocycles. The summed E-state index contributed by atoms with van der Waals surface area (Å²) in [4.78, 5) is 11.4. The smallest absolute Gasteiger partial charge is 0.311 e. The maximum atomic E-state index is 13.3. The molecule has 1 atom stereocenters. The van der Waals surface area contributed by atoms with E-state index in [1.807, 2.05) is 0 Å². The summed E-state index contributed by atoms with van der Waals surface area (Å²) in [5, 5.41) is 20.7. The number of aryl methyl sites for hydroxylation is 1. The molecule has 1 N–H and O–H groups in total. The minimum Gasteiger partial charge on any atom is -0.481 e. The van der Waals surface area contributed by atoms with Crippen LogP contribution in [0, 0.1) is 18.2 Å². The van der Waals surface area contributed by atoms with Crippen LogP contribution in [0.25, 0.3) is 11.4 Å². The number of hydrogen-bond donors (Lipinski definition) is 1. The van der Waals surface area contributed by atoms with E-state index in [4.69, 9.17) is 0 Å². The molecule has 1 aromatic heterocycles. The van der Waals surface area contributed by atoms with Crippen LogP contribution in [-0.2, 0) is 11.3 Å². The largest absolute Gasteiger partial charge is 0.481 e. The van der Waals surface area contributed by atoms with Crippen LogP contribution in [0.4, 0.5) is 4.39 Å². The second kappa shape index (κ2) is 5.59. The van der Waals surface area contributed by atoms with Crippen LogP contribution in [0.5, 0.6) is 0 Å². The van der Waals surface area contributed by atoms with E-state index in [9.17, 15) is 14.3 Å². The van der Waals surface area contributed by atoms with Crippen molar-refractivity contribution in [2.24, 2.45) is 5.41 Å². The molecule has 2 aromatic rings. The Bertz CT molecular complexity index is 671. The zero-order valence-corrected chi connectivity index (χ0v) is 12.2. The van der Waals surface area contributed by atoms with Crippen LogP contribution in [0.2, 0.25) is 0 Å². The number of carboxylic acids is 1. The minimum absolute atomic E-state index is 0.150. The van der Waals surface area contributed by atoms with Gasteiger partial charge in [-0.2, -0.15) is 0 Å². The summed E-state index contributed by atoms with van der Waals surface area (Å²) >= 11 is 0. The summed E-state index contributed by atoms with van der Waals surface area (Å²) in [5.74, 6) is -0.775. The number of halogens is 1. The molecule has 0 aliphatic heterocycles. The van der Waals surface area contributed by atoms with Gasteiger partial charge in [-0.05, 0) is 54.5 Å². The topological polar surface area (TPSA) is 80.9 Å². The molecule has 1 heterocycles. The maximum Gasteiger partial charge on any atom is 0.311 e. The van der Waals surface area contributed by atoms with E-state index < -0.39 is 11.4 Å². The van der Waals surface area contributed by atoms with Crippen molar-refractivity contribution in [1.29, 1.82) is 0 Å². The first-order valence-corrected chi connectivity index (χ1v) is 6.63. The molecule has 0 aliphatic rings. The Morgan fingerprint density at radius 1 is 1.48 bits per heavy atom. The van der Waals surface area contributed by atoms with E-state index in [0.717, 1.165) is 0 Å². The number of carbonyl (C=O) groups is 1. The molecule has 0 fully saturated rings. The molecule has 0 saturated carbocycles. The average molecular weight is 292 g/mol. The van der Waals surface area contributed by atoms with E-state index in [0.29, 0.717) is 23.4 Å². The Morgan fingerprint density at radius 3 is 2.76 bits per heavy atom. The third kappa shape index (κ3) is 2.91. The molecule has 0 aliphatic carbocycles. The summed E-state index contributed by atoms with van der Waals surface area (Å²) in [6.07, 6.45) is 0.448. The fourth-order valence-electron chi connectivity index (χ4n) is 1.96. The number of rotatable bonds is 5. The van der Waals surface area contributed by atoms with Gasteiger partial charge in [-0.15, -0.1) is 5.10 Å². The summed E-state index contributed by atoms with van der Waals surface area (Å²) < 4.78 is 14.8. The summed E-state index contributed by atoms with van der Waals surface area (Å²) in [7, 11) is 0. The molecule has 0 spiro atoms. The molecule has 21 heavy (non-hydrogen) atoms. The SMILES string of the molecule is CCC(C)(Cn1nnnc1-c1ccc(F)c(C)c1)C(=O)O. The predicted molar refractivity (Wildman–Crippen MR) is 74.0 cm³/mol. The van der Waals surface area contributed by atoms with Gasteiger partial charge >= 0.3 is 5.97 Å². The van der Waals surface area contributed by atoms with Gasteiger partial charge in [0.2, 0.25) is 0 Å². The van der Waals surface area contributed by atoms with E-state index in [-0.39, 0.29) is 12.4 Å². The highest BCUT2D eigenvalue weighted by molar-refractivity contribution is 5.74. The van der Waals surface area contributed by atoms with Crippen molar-refractivity contribution in [3.8, 4) is 11.4 Å². The molecular formula is C14H17FN4O2. The second-order valence-corrected chi connectivity index (χ2v) is 5.34. The lowest BCUT2D eigenvalue weighted by Crippen LogP contribution is -2.32. The quantitative estimate of drug-likeness (QED) is 0.914. The second-order valence-electron chi connectivity index (χ2n) is 5.34. The molecule has 1 aromatic carbocycles. The number of aromatic nitrogens is 4. The number of tetrazole rings is 1. The number of aliphatic carboxylic acids is 1. The van der Waals surface area contributed by atoms with E-state index in [1.165, 1.54) is 10.7 Å². The monoisotopic (exact) mass is 292 g/mol. The Morgan fingerprint density at radius 2 is 2.19 bits per heavy atom. The highest BCUT2D eigenvalue weighted by Gasteiger charge is 2.33.